The van der Waals surface area contributed by atoms with Crippen molar-refractivity contribution in [2.45, 2.75) is 25.4 Å². The Hall–Kier alpha value is -2.05. The van der Waals surface area contributed by atoms with Gasteiger partial charge in [-0.2, -0.15) is 13.2 Å². The molecule has 20 heavy (non-hydrogen) atoms. The SMILES string of the molecule is O=C(O)C1(C(=O)Nc2ccc(C(F)(F)F)cc2)CCC1. The summed E-state index contributed by atoms with van der Waals surface area (Å²) in [5, 5.41) is 11.4. The Kier molecular flexibility index (Phi) is 3.45. The largest absolute Gasteiger partial charge is 0.480 e. The van der Waals surface area contributed by atoms with Crippen molar-refractivity contribution in [1.29, 1.82) is 0 Å². The van der Waals surface area contributed by atoms with E-state index >= 15 is 0 Å². The Morgan fingerprint density at radius 1 is 1.15 bits per heavy atom. The lowest BCUT2D eigenvalue weighted by molar-refractivity contribution is -0.159. The predicted molar refractivity (Wildman–Crippen MR) is 64.0 cm³/mol. The van der Waals surface area contributed by atoms with E-state index in [-0.39, 0.29) is 18.5 Å². The van der Waals surface area contributed by atoms with Crippen molar-refractivity contribution in [3.63, 3.8) is 0 Å². The number of hydrogen-bond acceptors (Lipinski definition) is 2. The second kappa shape index (κ2) is 4.81. The van der Waals surface area contributed by atoms with Crippen LogP contribution in [0.4, 0.5) is 18.9 Å². The van der Waals surface area contributed by atoms with Gasteiger partial charge in [0.05, 0.1) is 5.56 Å². The van der Waals surface area contributed by atoms with Crippen LogP contribution in [-0.4, -0.2) is 17.0 Å². The normalized spacial score (nSPS) is 17.1. The van der Waals surface area contributed by atoms with Crippen LogP contribution in [-0.2, 0) is 15.8 Å². The first-order valence-electron chi connectivity index (χ1n) is 5.98. The minimum atomic E-state index is -4.45. The third-order valence-corrected chi connectivity index (χ3v) is 3.52. The van der Waals surface area contributed by atoms with Crippen LogP contribution >= 0.6 is 0 Å². The van der Waals surface area contributed by atoms with Gasteiger partial charge in [0.2, 0.25) is 5.91 Å². The molecule has 1 aliphatic rings. The van der Waals surface area contributed by atoms with E-state index in [1.54, 1.807) is 0 Å². The lowest BCUT2D eigenvalue weighted by atomic mass is 9.68. The van der Waals surface area contributed by atoms with E-state index < -0.39 is 29.0 Å². The minimum absolute atomic E-state index is 0.149. The number of amides is 1. The topological polar surface area (TPSA) is 66.4 Å². The molecule has 0 radical (unpaired) electrons. The van der Waals surface area contributed by atoms with Gasteiger partial charge in [-0.05, 0) is 37.1 Å². The molecular weight excluding hydrogens is 275 g/mol. The zero-order chi connectivity index (χ0) is 15.0. The van der Waals surface area contributed by atoms with Gasteiger partial charge >= 0.3 is 12.1 Å². The maximum atomic E-state index is 12.4. The Labute approximate surface area is 112 Å². The Morgan fingerprint density at radius 3 is 2.05 bits per heavy atom. The Balaban J connectivity index is 2.11. The molecule has 0 bridgehead atoms. The highest BCUT2D eigenvalue weighted by Crippen LogP contribution is 2.42. The fraction of sp³-hybridized carbons (Fsp3) is 0.385. The van der Waals surface area contributed by atoms with Crippen LogP contribution in [0, 0.1) is 5.41 Å². The summed E-state index contributed by atoms with van der Waals surface area (Å²) in [5.41, 5.74) is -2.12. The summed E-state index contributed by atoms with van der Waals surface area (Å²) >= 11 is 0. The molecule has 0 atom stereocenters. The summed E-state index contributed by atoms with van der Waals surface area (Å²) in [7, 11) is 0. The fourth-order valence-electron chi connectivity index (χ4n) is 2.06. The molecule has 4 nitrogen and oxygen atoms in total. The number of halogens is 3. The van der Waals surface area contributed by atoms with Crippen molar-refractivity contribution in [2.75, 3.05) is 5.32 Å². The molecule has 0 spiro atoms. The molecule has 108 valence electrons. The summed E-state index contributed by atoms with van der Waals surface area (Å²) in [6.45, 7) is 0. The van der Waals surface area contributed by atoms with Crippen LogP contribution in [0.1, 0.15) is 24.8 Å². The monoisotopic (exact) mass is 287 g/mol. The first-order chi connectivity index (χ1) is 9.25. The number of anilines is 1. The first kappa shape index (κ1) is 14.4. The number of carboxylic acids is 1. The highest BCUT2D eigenvalue weighted by atomic mass is 19.4. The van der Waals surface area contributed by atoms with Crippen molar-refractivity contribution in [2.24, 2.45) is 5.41 Å². The number of carbonyl (C=O) groups excluding carboxylic acids is 1. The van der Waals surface area contributed by atoms with E-state index in [0.717, 1.165) is 24.3 Å². The quantitative estimate of drug-likeness (QED) is 0.840. The summed E-state index contributed by atoms with van der Waals surface area (Å²) in [5.74, 6) is -1.89. The molecule has 0 aliphatic heterocycles. The van der Waals surface area contributed by atoms with Crippen molar-refractivity contribution in [1.82, 2.24) is 0 Å². The number of hydrogen-bond donors (Lipinski definition) is 2. The average molecular weight is 287 g/mol. The zero-order valence-corrected chi connectivity index (χ0v) is 10.3. The molecule has 0 unspecified atom stereocenters. The molecule has 1 amide bonds. The molecule has 7 heteroatoms. The van der Waals surface area contributed by atoms with Gasteiger partial charge in [-0.1, -0.05) is 6.42 Å². The number of benzene rings is 1. The third kappa shape index (κ3) is 2.48. The van der Waals surface area contributed by atoms with Crippen LogP contribution in [0.15, 0.2) is 24.3 Å². The van der Waals surface area contributed by atoms with E-state index in [1.807, 2.05) is 0 Å². The average Bonchev–Trinajstić information content (AvgIpc) is 2.26. The van der Waals surface area contributed by atoms with Crippen molar-refractivity contribution >= 4 is 17.6 Å². The van der Waals surface area contributed by atoms with Crippen molar-refractivity contribution in [3.05, 3.63) is 29.8 Å². The highest BCUT2D eigenvalue weighted by Gasteiger charge is 2.51. The van der Waals surface area contributed by atoms with Gasteiger partial charge in [0.25, 0.3) is 0 Å². The van der Waals surface area contributed by atoms with Gasteiger partial charge in [-0.3, -0.25) is 9.59 Å². The molecule has 0 saturated heterocycles. The van der Waals surface area contributed by atoms with Gasteiger partial charge in [0.1, 0.15) is 5.41 Å². The van der Waals surface area contributed by atoms with E-state index in [2.05, 4.69) is 5.32 Å². The molecule has 2 N–H and O–H groups in total. The number of aliphatic carboxylic acids is 1. The van der Waals surface area contributed by atoms with E-state index in [9.17, 15) is 22.8 Å². The highest BCUT2D eigenvalue weighted by molar-refractivity contribution is 6.09. The third-order valence-electron chi connectivity index (χ3n) is 3.52. The van der Waals surface area contributed by atoms with E-state index in [4.69, 9.17) is 5.11 Å². The van der Waals surface area contributed by atoms with Gasteiger partial charge in [-0.25, -0.2) is 0 Å². The number of carboxylic acid groups (broad SMARTS) is 1. The summed E-state index contributed by atoms with van der Waals surface area (Å²) in [6.07, 6.45) is -3.31. The fourth-order valence-corrected chi connectivity index (χ4v) is 2.06. The van der Waals surface area contributed by atoms with Gasteiger partial charge in [0.15, 0.2) is 0 Å². The summed E-state index contributed by atoms with van der Waals surface area (Å²) < 4.78 is 37.1. The van der Waals surface area contributed by atoms with Crippen LogP contribution in [0.2, 0.25) is 0 Å². The minimum Gasteiger partial charge on any atom is -0.480 e. The van der Waals surface area contributed by atoms with Crippen LogP contribution in [0.5, 0.6) is 0 Å². The van der Waals surface area contributed by atoms with Crippen molar-refractivity contribution in [3.8, 4) is 0 Å². The lowest BCUT2D eigenvalue weighted by Gasteiger charge is -2.35. The number of nitrogens with one attached hydrogen (secondary N) is 1. The number of alkyl halides is 3. The standard InChI is InChI=1S/C13H12F3NO3/c14-13(15,16)8-2-4-9(5-3-8)17-10(18)12(11(19)20)6-1-7-12/h2-5H,1,6-7H2,(H,17,18)(H,19,20). The maximum Gasteiger partial charge on any atom is 0.416 e. The molecule has 1 aliphatic carbocycles. The van der Waals surface area contributed by atoms with E-state index in [1.165, 1.54) is 0 Å². The Bertz CT molecular complexity index is 533. The molecular formula is C13H12F3NO3. The first-order valence-corrected chi connectivity index (χ1v) is 5.98. The van der Waals surface area contributed by atoms with Crippen LogP contribution in [0.3, 0.4) is 0 Å². The molecule has 1 aromatic rings. The van der Waals surface area contributed by atoms with Gasteiger partial charge in [-0.15, -0.1) is 0 Å². The maximum absolute atomic E-state index is 12.4. The van der Waals surface area contributed by atoms with Gasteiger partial charge < -0.3 is 10.4 Å². The molecule has 2 rings (SSSR count). The van der Waals surface area contributed by atoms with Gasteiger partial charge in [0, 0.05) is 5.69 Å². The second-order valence-electron chi connectivity index (χ2n) is 4.77. The van der Waals surface area contributed by atoms with Crippen LogP contribution < -0.4 is 5.32 Å². The molecule has 0 aromatic heterocycles. The predicted octanol–water partition coefficient (Wildman–Crippen LogP) is 2.90. The summed E-state index contributed by atoms with van der Waals surface area (Å²) in [4.78, 5) is 23.0. The molecule has 1 saturated carbocycles. The summed E-state index contributed by atoms with van der Waals surface area (Å²) in [6, 6.07) is 3.89. The molecule has 1 fully saturated rings. The smallest absolute Gasteiger partial charge is 0.416 e. The van der Waals surface area contributed by atoms with Crippen LogP contribution in [0.25, 0.3) is 0 Å². The molecule has 0 heterocycles. The molecule has 1 aromatic carbocycles. The van der Waals surface area contributed by atoms with Crippen molar-refractivity contribution < 1.29 is 27.9 Å². The Morgan fingerprint density at radius 2 is 1.70 bits per heavy atom. The number of rotatable bonds is 3. The lowest BCUT2D eigenvalue weighted by Crippen LogP contribution is -2.48. The second-order valence-corrected chi connectivity index (χ2v) is 4.77. The van der Waals surface area contributed by atoms with E-state index in [0.29, 0.717) is 6.42 Å². The number of carbonyl (C=O) groups is 2. The zero-order valence-electron chi connectivity index (χ0n) is 10.3.